The van der Waals surface area contributed by atoms with E-state index < -0.39 is 11.9 Å². The van der Waals surface area contributed by atoms with Crippen LogP contribution in [-0.2, 0) is 9.59 Å². The summed E-state index contributed by atoms with van der Waals surface area (Å²) >= 11 is 0. The molecular weight excluding hydrogens is 266 g/mol. The first kappa shape index (κ1) is 18.2. The molecule has 0 radical (unpaired) electrons. The highest BCUT2D eigenvalue weighted by Gasteiger charge is 2.34. The Balaban J connectivity index is 0.00000324. The number of amides is 2. The highest BCUT2D eigenvalue weighted by molar-refractivity contribution is 5.88. The van der Waals surface area contributed by atoms with Crippen molar-refractivity contribution in [1.29, 1.82) is 0 Å². The molecule has 6 heteroatoms. The third kappa shape index (κ3) is 5.37. The zero-order valence-electron chi connectivity index (χ0n) is 11.9. The van der Waals surface area contributed by atoms with Crippen molar-refractivity contribution in [2.24, 2.45) is 22.8 Å². The number of carbonyl (C=O) groups excluding carboxylic acids is 2. The molecule has 5 N–H and O–H groups in total. The zero-order valence-corrected chi connectivity index (χ0v) is 12.8. The first-order valence-corrected chi connectivity index (χ1v) is 6.57. The van der Waals surface area contributed by atoms with E-state index in [0.717, 1.165) is 19.3 Å². The Kier molecular flexibility index (Phi) is 6.80. The predicted octanol–water partition coefficient (Wildman–Crippen LogP) is 0.942. The van der Waals surface area contributed by atoms with Gasteiger partial charge in [0.15, 0.2) is 0 Å². The van der Waals surface area contributed by atoms with Gasteiger partial charge < -0.3 is 16.8 Å². The Morgan fingerprint density at radius 3 is 2.26 bits per heavy atom. The van der Waals surface area contributed by atoms with E-state index in [4.69, 9.17) is 11.5 Å². The molecule has 1 saturated carbocycles. The number of carbonyl (C=O) groups is 2. The van der Waals surface area contributed by atoms with E-state index in [0.29, 0.717) is 6.42 Å². The second-order valence-electron chi connectivity index (χ2n) is 6.33. The van der Waals surface area contributed by atoms with Crippen LogP contribution in [0.1, 0.15) is 46.5 Å². The number of hydrogen-bond acceptors (Lipinski definition) is 3. The van der Waals surface area contributed by atoms with E-state index in [1.165, 1.54) is 0 Å². The summed E-state index contributed by atoms with van der Waals surface area (Å²) in [4.78, 5) is 23.5. The van der Waals surface area contributed by atoms with Gasteiger partial charge in [0.1, 0.15) is 6.04 Å². The molecule has 1 aliphatic carbocycles. The van der Waals surface area contributed by atoms with Gasteiger partial charge in [-0.1, -0.05) is 27.2 Å². The van der Waals surface area contributed by atoms with Gasteiger partial charge in [-0.2, -0.15) is 0 Å². The van der Waals surface area contributed by atoms with Crippen LogP contribution in [0.4, 0.5) is 0 Å². The average molecular weight is 292 g/mol. The number of primary amides is 1. The molecule has 0 aromatic rings. The SMILES string of the molecule is CC(C)(C)C(NC(=O)C1CCCC(N)C1)C(N)=O.Cl. The normalized spacial score (nSPS) is 25.1. The molecule has 0 aromatic heterocycles. The van der Waals surface area contributed by atoms with Crippen LogP contribution in [0, 0.1) is 11.3 Å². The largest absolute Gasteiger partial charge is 0.368 e. The minimum atomic E-state index is -0.636. The topological polar surface area (TPSA) is 98.2 Å². The fraction of sp³-hybridized carbons (Fsp3) is 0.846. The summed E-state index contributed by atoms with van der Waals surface area (Å²) < 4.78 is 0. The molecule has 1 rings (SSSR count). The molecule has 112 valence electrons. The molecule has 0 saturated heterocycles. The van der Waals surface area contributed by atoms with Crippen LogP contribution >= 0.6 is 12.4 Å². The van der Waals surface area contributed by atoms with Gasteiger partial charge >= 0.3 is 0 Å². The average Bonchev–Trinajstić information content (AvgIpc) is 2.23. The molecule has 19 heavy (non-hydrogen) atoms. The maximum absolute atomic E-state index is 12.1. The lowest BCUT2D eigenvalue weighted by atomic mass is 9.83. The van der Waals surface area contributed by atoms with Gasteiger partial charge in [0.2, 0.25) is 11.8 Å². The van der Waals surface area contributed by atoms with E-state index in [1.54, 1.807) is 0 Å². The lowest BCUT2D eigenvalue weighted by Crippen LogP contribution is -2.54. The molecular formula is C13H26ClN3O2. The number of halogens is 1. The van der Waals surface area contributed by atoms with Crippen LogP contribution in [0.5, 0.6) is 0 Å². The fourth-order valence-electron chi connectivity index (χ4n) is 2.44. The van der Waals surface area contributed by atoms with Crippen LogP contribution in [-0.4, -0.2) is 23.9 Å². The van der Waals surface area contributed by atoms with Gasteiger partial charge in [0.25, 0.3) is 0 Å². The van der Waals surface area contributed by atoms with Gasteiger partial charge in [-0.05, 0) is 24.7 Å². The van der Waals surface area contributed by atoms with Crippen LogP contribution in [0.2, 0.25) is 0 Å². The Morgan fingerprint density at radius 2 is 1.84 bits per heavy atom. The van der Waals surface area contributed by atoms with Crippen LogP contribution in [0.3, 0.4) is 0 Å². The summed E-state index contributed by atoms with van der Waals surface area (Å²) in [6, 6.07) is -0.542. The molecule has 1 fully saturated rings. The molecule has 3 atom stereocenters. The van der Waals surface area contributed by atoms with Crippen LogP contribution in [0.25, 0.3) is 0 Å². The Morgan fingerprint density at radius 1 is 1.26 bits per heavy atom. The third-order valence-corrected chi connectivity index (χ3v) is 3.52. The summed E-state index contributed by atoms with van der Waals surface area (Å²) in [6.07, 6.45) is 3.48. The monoisotopic (exact) mass is 291 g/mol. The first-order valence-electron chi connectivity index (χ1n) is 6.57. The minimum Gasteiger partial charge on any atom is -0.368 e. The first-order chi connectivity index (χ1) is 8.21. The second-order valence-corrected chi connectivity index (χ2v) is 6.33. The van der Waals surface area contributed by atoms with Gasteiger partial charge in [-0.3, -0.25) is 9.59 Å². The van der Waals surface area contributed by atoms with Crippen molar-refractivity contribution in [2.75, 3.05) is 0 Å². The molecule has 3 unspecified atom stereocenters. The van der Waals surface area contributed by atoms with Gasteiger partial charge in [-0.15, -0.1) is 12.4 Å². The molecule has 5 nitrogen and oxygen atoms in total. The molecule has 0 spiro atoms. The summed E-state index contributed by atoms with van der Waals surface area (Å²) in [5, 5.41) is 2.78. The van der Waals surface area contributed by atoms with Crippen molar-refractivity contribution in [1.82, 2.24) is 5.32 Å². The van der Waals surface area contributed by atoms with E-state index in [-0.39, 0.29) is 35.7 Å². The predicted molar refractivity (Wildman–Crippen MR) is 77.8 cm³/mol. The molecule has 0 heterocycles. The minimum absolute atomic E-state index is 0. The summed E-state index contributed by atoms with van der Waals surface area (Å²) in [5.74, 6) is -0.669. The smallest absolute Gasteiger partial charge is 0.240 e. The lowest BCUT2D eigenvalue weighted by Gasteiger charge is -2.32. The van der Waals surface area contributed by atoms with Crippen molar-refractivity contribution < 1.29 is 9.59 Å². The highest BCUT2D eigenvalue weighted by Crippen LogP contribution is 2.25. The molecule has 0 aromatic carbocycles. The van der Waals surface area contributed by atoms with Gasteiger partial charge in [0, 0.05) is 12.0 Å². The number of nitrogens with two attached hydrogens (primary N) is 2. The van der Waals surface area contributed by atoms with Crippen molar-refractivity contribution in [3.05, 3.63) is 0 Å². The van der Waals surface area contributed by atoms with Crippen molar-refractivity contribution in [3.63, 3.8) is 0 Å². The third-order valence-electron chi connectivity index (χ3n) is 3.52. The number of nitrogens with one attached hydrogen (secondary N) is 1. The number of hydrogen-bond donors (Lipinski definition) is 3. The molecule has 1 aliphatic rings. The van der Waals surface area contributed by atoms with Crippen LogP contribution in [0.15, 0.2) is 0 Å². The fourth-order valence-corrected chi connectivity index (χ4v) is 2.44. The summed E-state index contributed by atoms with van der Waals surface area (Å²) in [6.45, 7) is 5.65. The standard InChI is InChI=1S/C13H25N3O2.ClH/c1-13(2,3)10(11(15)17)16-12(18)8-5-4-6-9(14)7-8;/h8-10H,4-7,14H2,1-3H3,(H2,15,17)(H,16,18);1H. The second kappa shape index (κ2) is 7.10. The maximum Gasteiger partial charge on any atom is 0.240 e. The van der Waals surface area contributed by atoms with E-state index >= 15 is 0 Å². The van der Waals surface area contributed by atoms with Crippen molar-refractivity contribution >= 4 is 24.2 Å². The molecule has 0 aliphatic heterocycles. The summed E-state index contributed by atoms with van der Waals surface area (Å²) in [7, 11) is 0. The van der Waals surface area contributed by atoms with E-state index in [9.17, 15) is 9.59 Å². The van der Waals surface area contributed by atoms with Gasteiger partial charge in [-0.25, -0.2) is 0 Å². The lowest BCUT2D eigenvalue weighted by molar-refractivity contribution is -0.132. The van der Waals surface area contributed by atoms with Gasteiger partial charge in [0.05, 0.1) is 0 Å². The number of rotatable bonds is 3. The molecule has 0 bridgehead atoms. The maximum atomic E-state index is 12.1. The quantitative estimate of drug-likeness (QED) is 0.722. The van der Waals surface area contributed by atoms with Crippen molar-refractivity contribution in [2.45, 2.75) is 58.5 Å². The Hall–Kier alpha value is -0.810. The van der Waals surface area contributed by atoms with E-state index in [1.807, 2.05) is 20.8 Å². The summed E-state index contributed by atoms with van der Waals surface area (Å²) in [5.41, 5.74) is 10.8. The zero-order chi connectivity index (χ0) is 13.9. The Bertz CT molecular complexity index is 328. The van der Waals surface area contributed by atoms with Crippen molar-refractivity contribution in [3.8, 4) is 0 Å². The highest BCUT2D eigenvalue weighted by atomic mass is 35.5. The van der Waals surface area contributed by atoms with E-state index in [2.05, 4.69) is 5.32 Å². The molecule has 2 amide bonds. The Labute approximate surface area is 121 Å². The van der Waals surface area contributed by atoms with Crippen LogP contribution < -0.4 is 16.8 Å².